The Morgan fingerprint density at radius 3 is 2.29 bits per heavy atom. The van der Waals surface area contributed by atoms with Crippen LogP contribution in [0.5, 0.6) is 0 Å². The first-order chi connectivity index (χ1) is 6.35. The van der Waals surface area contributed by atoms with Crippen molar-refractivity contribution in [1.29, 1.82) is 5.26 Å². The molecule has 1 N–H and O–H groups in total. The molecule has 1 atom stereocenters. The van der Waals surface area contributed by atoms with Crippen molar-refractivity contribution < 1.29 is 4.79 Å². The first kappa shape index (κ1) is 12.5. The molecule has 0 bridgehead atoms. The largest absolute Gasteiger partial charge is 0.341 e. The van der Waals surface area contributed by atoms with E-state index in [2.05, 4.69) is 11.2 Å². The number of carbonyl (C=O) groups excluding carboxylic acids is 1. The van der Waals surface area contributed by atoms with Gasteiger partial charge in [-0.05, 0) is 19.8 Å². The third-order valence-electron chi connectivity index (χ3n) is 1.98. The van der Waals surface area contributed by atoms with E-state index in [-0.39, 0.29) is 17.9 Å². The monoisotopic (exact) mass is 192 g/mol. The highest BCUT2D eigenvalue weighted by Crippen LogP contribution is 2.14. The number of nitriles is 1. The molecule has 0 aliphatic heterocycles. The SMILES string of the molecule is C#CC(NC(=O)C(C)(C)C#N)C(C)C. The highest BCUT2D eigenvalue weighted by Gasteiger charge is 2.29. The summed E-state index contributed by atoms with van der Waals surface area (Å²) in [6, 6.07) is 1.62. The Morgan fingerprint density at radius 2 is 2.00 bits per heavy atom. The van der Waals surface area contributed by atoms with E-state index in [1.54, 1.807) is 13.8 Å². The minimum absolute atomic E-state index is 0.165. The zero-order valence-electron chi connectivity index (χ0n) is 9.09. The summed E-state index contributed by atoms with van der Waals surface area (Å²) >= 11 is 0. The molecule has 0 saturated carbocycles. The number of carbonyl (C=O) groups is 1. The molecule has 3 nitrogen and oxygen atoms in total. The fourth-order valence-electron chi connectivity index (χ4n) is 0.773. The Bertz CT molecular complexity index is 291. The summed E-state index contributed by atoms with van der Waals surface area (Å²) < 4.78 is 0. The summed E-state index contributed by atoms with van der Waals surface area (Å²) in [6.07, 6.45) is 5.26. The lowest BCUT2D eigenvalue weighted by atomic mass is 9.93. The number of hydrogen-bond donors (Lipinski definition) is 1. The molecule has 3 heteroatoms. The van der Waals surface area contributed by atoms with Crippen molar-refractivity contribution in [2.24, 2.45) is 11.3 Å². The minimum atomic E-state index is -1.02. The highest BCUT2D eigenvalue weighted by molar-refractivity contribution is 5.85. The lowest BCUT2D eigenvalue weighted by Crippen LogP contribution is -2.44. The van der Waals surface area contributed by atoms with Crippen molar-refractivity contribution in [3.63, 3.8) is 0 Å². The molecule has 14 heavy (non-hydrogen) atoms. The molecular weight excluding hydrogens is 176 g/mol. The van der Waals surface area contributed by atoms with Crippen LogP contribution in [0.15, 0.2) is 0 Å². The topological polar surface area (TPSA) is 52.9 Å². The van der Waals surface area contributed by atoms with E-state index in [0.29, 0.717) is 0 Å². The zero-order chi connectivity index (χ0) is 11.4. The van der Waals surface area contributed by atoms with Crippen molar-refractivity contribution in [2.75, 3.05) is 0 Å². The highest BCUT2D eigenvalue weighted by atomic mass is 16.2. The number of nitrogens with one attached hydrogen (secondary N) is 1. The molecule has 0 rings (SSSR count). The maximum absolute atomic E-state index is 11.5. The predicted molar refractivity (Wildman–Crippen MR) is 55.0 cm³/mol. The average Bonchev–Trinajstić information content (AvgIpc) is 2.12. The molecule has 0 saturated heterocycles. The molecule has 0 aliphatic carbocycles. The van der Waals surface area contributed by atoms with Crippen LogP contribution in [0.4, 0.5) is 0 Å². The van der Waals surface area contributed by atoms with Gasteiger partial charge in [-0.2, -0.15) is 5.26 Å². The van der Waals surface area contributed by atoms with E-state index in [0.717, 1.165) is 0 Å². The van der Waals surface area contributed by atoms with Crippen LogP contribution in [0.25, 0.3) is 0 Å². The fourth-order valence-corrected chi connectivity index (χ4v) is 0.773. The van der Waals surface area contributed by atoms with Crippen LogP contribution in [0, 0.1) is 35.0 Å². The number of hydrogen-bond acceptors (Lipinski definition) is 2. The Labute approximate surface area is 85.5 Å². The van der Waals surface area contributed by atoms with Crippen molar-refractivity contribution in [3.8, 4) is 18.4 Å². The third-order valence-corrected chi connectivity index (χ3v) is 1.98. The average molecular weight is 192 g/mol. The van der Waals surface area contributed by atoms with Gasteiger partial charge in [-0.25, -0.2) is 0 Å². The van der Waals surface area contributed by atoms with Crippen LogP contribution >= 0.6 is 0 Å². The molecule has 0 fully saturated rings. The molecule has 76 valence electrons. The second kappa shape index (κ2) is 4.67. The molecule has 0 aromatic carbocycles. The van der Waals surface area contributed by atoms with Gasteiger partial charge in [0.05, 0.1) is 12.1 Å². The Hall–Kier alpha value is -1.48. The zero-order valence-corrected chi connectivity index (χ0v) is 9.09. The summed E-state index contributed by atoms with van der Waals surface area (Å²) in [5.41, 5.74) is -1.02. The summed E-state index contributed by atoms with van der Waals surface area (Å²) in [5.74, 6) is 2.33. The van der Waals surface area contributed by atoms with Gasteiger partial charge in [-0.3, -0.25) is 4.79 Å². The molecule has 1 unspecified atom stereocenters. The summed E-state index contributed by atoms with van der Waals surface area (Å²) in [6.45, 7) is 6.97. The molecule has 0 radical (unpaired) electrons. The van der Waals surface area contributed by atoms with Crippen molar-refractivity contribution in [2.45, 2.75) is 33.7 Å². The number of amides is 1. The van der Waals surface area contributed by atoms with Gasteiger partial charge in [0.2, 0.25) is 5.91 Å². The van der Waals surface area contributed by atoms with Gasteiger partial charge in [-0.15, -0.1) is 6.42 Å². The van der Waals surface area contributed by atoms with Gasteiger partial charge in [0, 0.05) is 0 Å². The quantitative estimate of drug-likeness (QED) is 0.685. The smallest absolute Gasteiger partial charge is 0.240 e. The van der Waals surface area contributed by atoms with E-state index < -0.39 is 5.41 Å². The Kier molecular flexibility index (Phi) is 4.18. The molecule has 0 aromatic heterocycles. The van der Waals surface area contributed by atoms with Crippen LogP contribution in [-0.4, -0.2) is 11.9 Å². The lowest BCUT2D eigenvalue weighted by molar-refractivity contribution is -0.127. The Morgan fingerprint density at radius 1 is 1.50 bits per heavy atom. The van der Waals surface area contributed by atoms with Gasteiger partial charge in [0.1, 0.15) is 5.41 Å². The Balaban J connectivity index is 4.50. The van der Waals surface area contributed by atoms with Gasteiger partial charge in [0.15, 0.2) is 0 Å². The summed E-state index contributed by atoms with van der Waals surface area (Å²) in [5, 5.41) is 11.4. The summed E-state index contributed by atoms with van der Waals surface area (Å²) in [4.78, 5) is 11.5. The van der Waals surface area contributed by atoms with E-state index in [9.17, 15) is 4.79 Å². The van der Waals surface area contributed by atoms with Crippen LogP contribution in [0.3, 0.4) is 0 Å². The van der Waals surface area contributed by atoms with Gasteiger partial charge < -0.3 is 5.32 Å². The molecule has 1 amide bonds. The van der Waals surface area contributed by atoms with E-state index in [1.165, 1.54) is 0 Å². The molecule has 0 aromatic rings. The number of nitrogens with zero attached hydrogens (tertiary/aromatic N) is 1. The van der Waals surface area contributed by atoms with Crippen LogP contribution in [0.2, 0.25) is 0 Å². The van der Waals surface area contributed by atoms with E-state index in [4.69, 9.17) is 11.7 Å². The maximum Gasteiger partial charge on any atom is 0.240 e. The molecule has 0 aliphatic rings. The van der Waals surface area contributed by atoms with Crippen molar-refractivity contribution in [1.82, 2.24) is 5.32 Å². The number of terminal acetylenes is 1. The molecule has 0 heterocycles. The predicted octanol–water partition coefficient (Wildman–Crippen LogP) is 1.31. The fraction of sp³-hybridized carbons (Fsp3) is 0.636. The number of rotatable bonds is 3. The van der Waals surface area contributed by atoms with Gasteiger partial charge in [-0.1, -0.05) is 19.8 Å². The maximum atomic E-state index is 11.5. The first-order valence-electron chi connectivity index (χ1n) is 4.53. The normalized spacial score (nSPS) is 12.8. The van der Waals surface area contributed by atoms with Gasteiger partial charge in [0.25, 0.3) is 0 Å². The van der Waals surface area contributed by atoms with Crippen LogP contribution < -0.4 is 5.32 Å². The van der Waals surface area contributed by atoms with Crippen molar-refractivity contribution in [3.05, 3.63) is 0 Å². The van der Waals surface area contributed by atoms with Crippen LogP contribution in [0.1, 0.15) is 27.7 Å². The second-order valence-electron chi connectivity index (χ2n) is 4.10. The third kappa shape index (κ3) is 3.11. The van der Waals surface area contributed by atoms with Crippen molar-refractivity contribution >= 4 is 5.91 Å². The van der Waals surface area contributed by atoms with E-state index in [1.807, 2.05) is 19.9 Å². The molecule has 0 spiro atoms. The standard InChI is InChI=1S/C11H16N2O/c1-6-9(8(2)3)13-10(14)11(4,5)7-12/h1,8-9H,2-5H3,(H,13,14). The van der Waals surface area contributed by atoms with Gasteiger partial charge >= 0.3 is 0 Å². The first-order valence-corrected chi connectivity index (χ1v) is 4.53. The summed E-state index contributed by atoms with van der Waals surface area (Å²) in [7, 11) is 0. The lowest BCUT2D eigenvalue weighted by Gasteiger charge is -2.21. The molecular formula is C11H16N2O. The van der Waals surface area contributed by atoms with Crippen LogP contribution in [-0.2, 0) is 4.79 Å². The minimum Gasteiger partial charge on any atom is -0.341 e. The van der Waals surface area contributed by atoms with E-state index >= 15 is 0 Å². The second-order valence-corrected chi connectivity index (χ2v) is 4.10.